The van der Waals surface area contributed by atoms with Crippen LogP contribution in [0.15, 0.2) is 90.5 Å². The zero-order chi connectivity index (χ0) is 23.5. The molecule has 3 aromatic rings. The van der Waals surface area contributed by atoms with Crippen molar-refractivity contribution in [2.75, 3.05) is 6.61 Å². The van der Waals surface area contributed by atoms with Crippen molar-refractivity contribution in [3.05, 3.63) is 102 Å². The van der Waals surface area contributed by atoms with Crippen LogP contribution in [0.25, 0.3) is 16.7 Å². The molecule has 33 heavy (non-hydrogen) atoms. The summed E-state index contributed by atoms with van der Waals surface area (Å²) in [7, 11) is 0. The lowest BCUT2D eigenvalue weighted by molar-refractivity contribution is -0.139. The molecule has 0 aromatic heterocycles. The molecule has 3 aromatic carbocycles. The Labute approximate surface area is 197 Å². The molecule has 1 unspecified atom stereocenters. The molecule has 0 saturated carbocycles. The second-order valence-electron chi connectivity index (χ2n) is 8.19. The number of esters is 1. The van der Waals surface area contributed by atoms with E-state index in [1.54, 1.807) is 0 Å². The number of carbonyl (C=O) groups is 1. The number of carbonyl (C=O) groups excluding carboxylic acids is 1. The Kier molecular flexibility index (Phi) is 9.03. The Morgan fingerprint density at radius 3 is 2.00 bits per heavy atom. The normalized spacial score (nSPS) is 12.4. The quantitative estimate of drug-likeness (QED) is 0.188. The highest BCUT2D eigenvalue weighted by molar-refractivity contribution is 6.05. The molecule has 3 nitrogen and oxygen atoms in total. The molecule has 0 spiro atoms. The van der Waals surface area contributed by atoms with E-state index in [9.17, 15) is 10.1 Å². The summed E-state index contributed by atoms with van der Waals surface area (Å²) in [5.41, 5.74) is 4.47. The smallest absolute Gasteiger partial charge is 0.349 e. The Morgan fingerprint density at radius 2 is 1.42 bits per heavy atom. The van der Waals surface area contributed by atoms with E-state index >= 15 is 0 Å². The van der Waals surface area contributed by atoms with Crippen molar-refractivity contribution < 1.29 is 9.53 Å². The van der Waals surface area contributed by atoms with Crippen molar-refractivity contribution in [1.82, 2.24) is 0 Å². The highest BCUT2D eigenvalue weighted by Crippen LogP contribution is 2.30. The number of ether oxygens (including phenoxy) is 1. The summed E-state index contributed by atoms with van der Waals surface area (Å²) in [4.78, 5) is 13.0. The van der Waals surface area contributed by atoms with Gasteiger partial charge in [-0.25, -0.2) is 4.79 Å². The van der Waals surface area contributed by atoms with Crippen molar-refractivity contribution >= 4 is 11.5 Å². The predicted octanol–water partition coefficient (Wildman–Crippen LogP) is 7.44. The van der Waals surface area contributed by atoms with E-state index in [4.69, 9.17) is 4.74 Å². The number of benzene rings is 3. The van der Waals surface area contributed by atoms with Crippen LogP contribution < -0.4 is 0 Å². The van der Waals surface area contributed by atoms with Crippen LogP contribution in [-0.2, 0) is 9.53 Å². The molecule has 3 heteroatoms. The highest BCUT2D eigenvalue weighted by Gasteiger charge is 2.21. The van der Waals surface area contributed by atoms with Gasteiger partial charge in [0, 0.05) is 5.57 Å². The monoisotopic (exact) mass is 437 g/mol. The topological polar surface area (TPSA) is 50.1 Å². The summed E-state index contributed by atoms with van der Waals surface area (Å²) < 4.78 is 5.64. The zero-order valence-electron chi connectivity index (χ0n) is 19.5. The van der Waals surface area contributed by atoms with Crippen molar-refractivity contribution in [1.29, 1.82) is 5.26 Å². The van der Waals surface area contributed by atoms with Gasteiger partial charge in [0.1, 0.15) is 11.6 Å². The van der Waals surface area contributed by atoms with Gasteiger partial charge in [-0.2, -0.15) is 5.26 Å². The van der Waals surface area contributed by atoms with Gasteiger partial charge < -0.3 is 4.74 Å². The fourth-order valence-corrected chi connectivity index (χ4v) is 3.89. The third-order valence-electron chi connectivity index (χ3n) is 5.90. The summed E-state index contributed by atoms with van der Waals surface area (Å²) in [6, 6.07) is 29.8. The molecule has 0 N–H and O–H groups in total. The van der Waals surface area contributed by atoms with Crippen LogP contribution >= 0.6 is 0 Å². The van der Waals surface area contributed by atoms with Crippen LogP contribution in [0.4, 0.5) is 0 Å². The van der Waals surface area contributed by atoms with Crippen molar-refractivity contribution in [2.24, 2.45) is 5.92 Å². The van der Waals surface area contributed by atoms with Gasteiger partial charge in [0.05, 0.1) is 6.61 Å². The molecule has 0 fully saturated rings. The van der Waals surface area contributed by atoms with E-state index in [0.29, 0.717) is 18.1 Å². The Balaban J connectivity index is 1.95. The lowest BCUT2D eigenvalue weighted by atomic mass is 9.92. The van der Waals surface area contributed by atoms with Gasteiger partial charge in [-0.1, -0.05) is 118 Å². The van der Waals surface area contributed by atoms with E-state index in [1.165, 1.54) is 0 Å². The van der Waals surface area contributed by atoms with Gasteiger partial charge in [-0.3, -0.25) is 0 Å². The fourth-order valence-electron chi connectivity index (χ4n) is 3.89. The van der Waals surface area contributed by atoms with E-state index < -0.39 is 5.97 Å². The summed E-state index contributed by atoms with van der Waals surface area (Å²) in [6.07, 6.45) is 4.20. The Hall–Kier alpha value is -3.64. The summed E-state index contributed by atoms with van der Waals surface area (Å²) >= 11 is 0. The van der Waals surface area contributed by atoms with Gasteiger partial charge in [0.15, 0.2) is 0 Å². The summed E-state index contributed by atoms with van der Waals surface area (Å²) in [6.45, 7) is 4.61. The van der Waals surface area contributed by atoms with Gasteiger partial charge >= 0.3 is 5.97 Å². The molecule has 0 amide bonds. The average Bonchev–Trinajstić information content (AvgIpc) is 2.88. The van der Waals surface area contributed by atoms with Crippen LogP contribution in [0.2, 0.25) is 0 Å². The van der Waals surface area contributed by atoms with Crippen LogP contribution in [0.1, 0.15) is 50.7 Å². The number of nitriles is 1. The van der Waals surface area contributed by atoms with Gasteiger partial charge in [-0.05, 0) is 34.6 Å². The largest absolute Gasteiger partial charge is 0.461 e. The summed E-state index contributed by atoms with van der Waals surface area (Å²) in [5, 5.41) is 9.98. The number of nitrogens with zero attached hydrogens (tertiary/aromatic N) is 1. The average molecular weight is 438 g/mol. The molecular formula is C30H31NO2. The molecule has 0 heterocycles. The molecule has 0 aliphatic heterocycles. The molecule has 0 aliphatic rings. The van der Waals surface area contributed by atoms with E-state index in [1.807, 2.05) is 72.8 Å². The Bertz CT molecular complexity index is 1090. The maximum atomic E-state index is 13.0. The third-order valence-corrected chi connectivity index (χ3v) is 5.90. The predicted molar refractivity (Wildman–Crippen MR) is 134 cm³/mol. The van der Waals surface area contributed by atoms with Crippen LogP contribution in [-0.4, -0.2) is 12.6 Å². The van der Waals surface area contributed by atoms with Crippen LogP contribution in [0.5, 0.6) is 0 Å². The zero-order valence-corrected chi connectivity index (χ0v) is 19.5. The van der Waals surface area contributed by atoms with Crippen molar-refractivity contribution in [3.8, 4) is 17.2 Å². The maximum Gasteiger partial charge on any atom is 0.349 e. The Morgan fingerprint density at radius 1 is 0.848 bits per heavy atom. The second-order valence-corrected chi connectivity index (χ2v) is 8.19. The van der Waals surface area contributed by atoms with E-state index in [-0.39, 0.29) is 5.57 Å². The van der Waals surface area contributed by atoms with Gasteiger partial charge in [0.2, 0.25) is 0 Å². The molecule has 0 saturated heterocycles. The molecule has 0 aliphatic carbocycles. The molecule has 168 valence electrons. The minimum atomic E-state index is -0.557. The lowest BCUT2D eigenvalue weighted by Crippen LogP contribution is -2.16. The number of rotatable bonds is 10. The highest BCUT2D eigenvalue weighted by atomic mass is 16.5. The van der Waals surface area contributed by atoms with Crippen LogP contribution in [0, 0.1) is 17.2 Å². The number of hydrogen-bond donors (Lipinski definition) is 0. The number of hydrogen-bond acceptors (Lipinski definition) is 3. The first-order valence-corrected chi connectivity index (χ1v) is 11.7. The SMILES string of the molecule is CCCCC(CC)COC(=O)/C(C#N)=C(/c1ccccc1)c1ccc(-c2ccccc2)cc1. The fraction of sp³-hybridized carbons (Fsp3) is 0.267. The van der Waals surface area contributed by atoms with E-state index in [0.717, 1.165) is 47.9 Å². The van der Waals surface area contributed by atoms with Gasteiger partial charge in [0.25, 0.3) is 0 Å². The van der Waals surface area contributed by atoms with Crippen molar-refractivity contribution in [3.63, 3.8) is 0 Å². The minimum absolute atomic E-state index is 0.0407. The van der Waals surface area contributed by atoms with Crippen molar-refractivity contribution in [2.45, 2.75) is 39.5 Å². The first kappa shape index (κ1) is 24.0. The van der Waals surface area contributed by atoms with Crippen LogP contribution in [0.3, 0.4) is 0 Å². The summed E-state index contributed by atoms with van der Waals surface area (Å²) in [5.74, 6) is -0.238. The molecule has 1 atom stereocenters. The maximum absolute atomic E-state index is 13.0. The first-order valence-electron chi connectivity index (χ1n) is 11.7. The van der Waals surface area contributed by atoms with E-state index in [2.05, 4.69) is 32.0 Å². The molecular weight excluding hydrogens is 406 g/mol. The standard InChI is InChI=1S/C30H31NO2/c1-3-5-12-23(4-2)22-33-30(32)28(21-31)29(26-15-10-7-11-16-26)27-19-17-25(18-20-27)24-13-8-6-9-14-24/h6-11,13-20,23H,3-5,12,22H2,1-2H3/b29-28-. The van der Waals surface area contributed by atoms with Gasteiger partial charge in [-0.15, -0.1) is 0 Å². The molecule has 0 radical (unpaired) electrons. The molecule has 3 rings (SSSR count). The minimum Gasteiger partial charge on any atom is -0.461 e. The second kappa shape index (κ2) is 12.4. The first-order chi connectivity index (χ1) is 16.2. The number of unbranched alkanes of at least 4 members (excludes halogenated alkanes) is 1. The molecule has 0 bridgehead atoms. The lowest BCUT2D eigenvalue weighted by Gasteiger charge is -2.16. The third kappa shape index (κ3) is 6.43.